The van der Waals surface area contributed by atoms with E-state index in [2.05, 4.69) is 9.88 Å². The minimum absolute atomic E-state index is 0.113. The maximum atomic E-state index is 13.6. The number of halogens is 1. The van der Waals surface area contributed by atoms with Gasteiger partial charge in [0.1, 0.15) is 17.5 Å². The molecule has 2 aromatic rings. The molecule has 0 saturated carbocycles. The van der Waals surface area contributed by atoms with Crippen molar-refractivity contribution in [2.75, 3.05) is 31.1 Å². The van der Waals surface area contributed by atoms with Crippen molar-refractivity contribution in [3.05, 3.63) is 52.7 Å². The first-order valence-electron chi connectivity index (χ1n) is 9.03. The second-order valence-electron chi connectivity index (χ2n) is 6.81. The molecule has 0 unspecified atom stereocenters. The van der Waals surface area contributed by atoms with Crippen LogP contribution >= 0.6 is 0 Å². The number of carbonyl (C=O) groups is 1. The molecule has 2 heterocycles. The average Bonchev–Trinajstić information content (AvgIpc) is 2.83. The molecule has 0 radical (unpaired) electrons. The zero-order valence-corrected chi connectivity index (χ0v) is 15.6. The number of nitrogens with zero attached hydrogens (tertiary/aromatic N) is 4. The molecule has 1 saturated heterocycles. The van der Waals surface area contributed by atoms with Crippen molar-refractivity contribution in [2.45, 2.75) is 33.6 Å². The molecule has 138 valence electrons. The van der Waals surface area contributed by atoms with Crippen molar-refractivity contribution in [1.82, 2.24) is 14.9 Å². The first-order valence-corrected chi connectivity index (χ1v) is 9.03. The monoisotopic (exact) mass is 356 g/mol. The third kappa shape index (κ3) is 4.18. The van der Waals surface area contributed by atoms with Gasteiger partial charge in [-0.2, -0.15) is 0 Å². The number of amides is 1. The molecule has 1 aromatic heterocycles. The second-order valence-corrected chi connectivity index (χ2v) is 6.81. The molecule has 1 amide bonds. The highest BCUT2D eigenvalue weighted by Crippen LogP contribution is 2.25. The topological polar surface area (TPSA) is 49.3 Å². The van der Waals surface area contributed by atoms with Crippen LogP contribution in [0.25, 0.3) is 0 Å². The maximum absolute atomic E-state index is 13.6. The number of aromatic nitrogens is 2. The van der Waals surface area contributed by atoms with Gasteiger partial charge < -0.3 is 9.80 Å². The third-order valence-corrected chi connectivity index (χ3v) is 4.81. The number of hydrogen-bond donors (Lipinski definition) is 0. The zero-order chi connectivity index (χ0) is 18.7. The Hall–Kier alpha value is -2.50. The molecule has 6 heteroatoms. The Kier molecular flexibility index (Phi) is 5.49. The summed E-state index contributed by atoms with van der Waals surface area (Å²) >= 11 is 0. The van der Waals surface area contributed by atoms with E-state index in [0.717, 1.165) is 54.5 Å². The molecule has 0 spiro atoms. The van der Waals surface area contributed by atoms with Crippen LogP contribution in [0, 0.1) is 19.7 Å². The number of carbonyl (C=O) groups excluding carboxylic acids is 1. The van der Waals surface area contributed by atoms with Crippen LogP contribution in [0.2, 0.25) is 0 Å². The number of hydrogen-bond acceptors (Lipinski definition) is 4. The summed E-state index contributed by atoms with van der Waals surface area (Å²) < 4.78 is 13.6. The van der Waals surface area contributed by atoms with Crippen molar-refractivity contribution in [3.63, 3.8) is 0 Å². The Morgan fingerprint density at radius 3 is 2.69 bits per heavy atom. The van der Waals surface area contributed by atoms with Crippen LogP contribution in [0.5, 0.6) is 0 Å². The van der Waals surface area contributed by atoms with Crippen LogP contribution in [-0.2, 0) is 11.2 Å². The lowest BCUT2D eigenvalue weighted by Gasteiger charge is -2.25. The SMILES string of the molecule is CC(=O)N1CCCN(c2nc(C)nc(C)c2Cc2cccc(F)c2)CC1. The van der Waals surface area contributed by atoms with Gasteiger partial charge in [0.2, 0.25) is 5.91 Å². The van der Waals surface area contributed by atoms with E-state index in [9.17, 15) is 9.18 Å². The summed E-state index contributed by atoms with van der Waals surface area (Å²) in [5.41, 5.74) is 2.85. The molecule has 5 nitrogen and oxygen atoms in total. The predicted molar refractivity (Wildman–Crippen MR) is 99.8 cm³/mol. The Balaban J connectivity index is 1.92. The Labute approximate surface area is 153 Å². The summed E-state index contributed by atoms with van der Waals surface area (Å²) in [6, 6.07) is 6.66. The lowest BCUT2D eigenvalue weighted by atomic mass is 10.0. The van der Waals surface area contributed by atoms with Crippen LogP contribution in [0.15, 0.2) is 24.3 Å². The number of rotatable bonds is 3. The first kappa shape index (κ1) is 18.3. The zero-order valence-electron chi connectivity index (χ0n) is 15.6. The standard InChI is InChI=1S/C20H25FN4O/c1-14-19(13-17-6-4-7-18(21)12-17)20(23-15(2)22-14)25-9-5-8-24(10-11-25)16(3)26/h4,6-7,12H,5,8-11,13H2,1-3H3. The molecule has 1 aromatic carbocycles. The fraction of sp³-hybridized carbons (Fsp3) is 0.450. The molecule has 26 heavy (non-hydrogen) atoms. The summed E-state index contributed by atoms with van der Waals surface area (Å²) in [6.45, 7) is 8.53. The summed E-state index contributed by atoms with van der Waals surface area (Å²) in [5, 5.41) is 0. The van der Waals surface area contributed by atoms with Gasteiger partial charge in [-0.3, -0.25) is 4.79 Å². The van der Waals surface area contributed by atoms with Gasteiger partial charge in [-0.25, -0.2) is 14.4 Å². The number of aryl methyl sites for hydroxylation is 2. The van der Waals surface area contributed by atoms with E-state index in [1.54, 1.807) is 19.1 Å². The van der Waals surface area contributed by atoms with Crippen molar-refractivity contribution < 1.29 is 9.18 Å². The van der Waals surface area contributed by atoms with Crippen LogP contribution in [0.3, 0.4) is 0 Å². The Morgan fingerprint density at radius 1 is 1.15 bits per heavy atom. The van der Waals surface area contributed by atoms with Gasteiger partial charge in [0.05, 0.1) is 0 Å². The van der Waals surface area contributed by atoms with Crippen molar-refractivity contribution in [3.8, 4) is 0 Å². The minimum Gasteiger partial charge on any atom is -0.354 e. The van der Waals surface area contributed by atoms with Crippen molar-refractivity contribution in [2.24, 2.45) is 0 Å². The van der Waals surface area contributed by atoms with Gasteiger partial charge in [0.25, 0.3) is 0 Å². The van der Waals surface area contributed by atoms with E-state index in [4.69, 9.17) is 4.98 Å². The lowest BCUT2D eigenvalue weighted by molar-refractivity contribution is -0.128. The molecule has 1 aliphatic heterocycles. The van der Waals surface area contributed by atoms with Crippen LogP contribution in [0.4, 0.5) is 10.2 Å². The van der Waals surface area contributed by atoms with E-state index in [-0.39, 0.29) is 11.7 Å². The molecule has 0 N–H and O–H groups in total. The van der Waals surface area contributed by atoms with E-state index >= 15 is 0 Å². The van der Waals surface area contributed by atoms with Crippen LogP contribution in [0.1, 0.15) is 36.0 Å². The van der Waals surface area contributed by atoms with E-state index < -0.39 is 0 Å². The molecule has 1 fully saturated rings. The third-order valence-electron chi connectivity index (χ3n) is 4.81. The van der Waals surface area contributed by atoms with Gasteiger partial charge in [0, 0.05) is 50.8 Å². The minimum atomic E-state index is -0.235. The maximum Gasteiger partial charge on any atom is 0.219 e. The first-order chi connectivity index (χ1) is 12.4. The second kappa shape index (κ2) is 7.81. The van der Waals surface area contributed by atoms with Gasteiger partial charge in [-0.15, -0.1) is 0 Å². The Bertz CT molecular complexity index is 808. The number of anilines is 1. The predicted octanol–water partition coefficient (Wildman–Crippen LogP) is 2.88. The fourth-order valence-electron chi connectivity index (χ4n) is 3.48. The molecule has 0 bridgehead atoms. The van der Waals surface area contributed by atoms with E-state index in [1.165, 1.54) is 6.07 Å². The van der Waals surface area contributed by atoms with Crippen molar-refractivity contribution in [1.29, 1.82) is 0 Å². The highest BCUT2D eigenvalue weighted by molar-refractivity contribution is 5.73. The number of benzene rings is 1. The quantitative estimate of drug-likeness (QED) is 0.849. The van der Waals surface area contributed by atoms with Gasteiger partial charge in [-0.1, -0.05) is 12.1 Å². The fourth-order valence-corrected chi connectivity index (χ4v) is 3.48. The summed E-state index contributed by atoms with van der Waals surface area (Å²) in [6.07, 6.45) is 1.49. The highest BCUT2D eigenvalue weighted by Gasteiger charge is 2.21. The van der Waals surface area contributed by atoms with E-state index in [1.807, 2.05) is 24.8 Å². The summed E-state index contributed by atoms with van der Waals surface area (Å²) in [5.74, 6) is 1.52. The lowest BCUT2D eigenvalue weighted by Crippen LogP contribution is -2.34. The average molecular weight is 356 g/mol. The van der Waals surface area contributed by atoms with Gasteiger partial charge >= 0.3 is 0 Å². The van der Waals surface area contributed by atoms with Gasteiger partial charge in [-0.05, 0) is 38.0 Å². The normalized spacial score (nSPS) is 15.1. The molecule has 3 rings (SSSR count). The molecule has 1 aliphatic rings. The van der Waals surface area contributed by atoms with E-state index in [0.29, 0.717) is 13.0 Å². The van der Waals surface area contributed by atoms with Gasteiger partial charge in [0.15, 0.2) is 0 Å². The summed E-state index contributed by atoms with van der Waals surface area (Å²) in [4.78, 5) is 25.0. The highest BCUT2D eigenvalue weighted by atomic mass is 19.1. The molecule has 0 aliphatic carbocycles. The van der Waals surface area contributed by atoms with Crippen LogP contribution in [-0.4, -0.2) is 47.0 Å². The molecular weight excluding hydrogens is 331 g/mol. The largest absolute Gasteiger partial charge is 0.354 e. The van der Waals surface area contributed by atoms with Crippen LogP contribution < -0.4 is 4.90 Å². The smallest absolute Gasteiger partial charge is 0.219 e. The molecule has 0 atom stereocenters. The molecular formula is C20H25FN4O. The van der Waals surface area contributed by atoms with Crippen molar-refractivity contribution >= 4 is 11.7 Å². The Morgan fingerprint density at radius 2 is 1.96 bits per heavy atom. The summed E-state index contributed by atoms with van der Waals surface area (Å²) in [7, 11) is 0.